The fourth-order valence-electron chi connectivity index (χ4n) is 2.79. The molecule has 0 saturated carbocycles. The van der Waals surface area contributed by atoms with Crippen molar-refractivity contribution in [3.63, 3.8) is 0 Å². The first kappa shape index (κ1) is 19.7. The van der Waals surface area contributed by atoms with Gasteiger partial charge in [0.25, 0.3) is 10.0 Å². The number of methoxy groups -OCH3 is 2. The Hall–Kier alpha value is -3.06. The molecule has 0 bridgehead atoms. The number of anilines is 1. The SMILES string of the molecule is COc1ccc(OC)c(S(=O)(=O)N(Cc2cccnc2)c2ccc(C)cc2)c1. The Morgan fingerprint density at radius 3 is 2.36 bits per heavy atom. The Bertz CT molecular complexity index is 1040. The summed E-state index contributed by atoms with van der Waals surface area (Å²) < 4.78 is 39.2. The maximum Gasteiger partial charge on any atom is 0.268 e. The molecule has 0 unspecified atom stereocenters. The molecule has 28 heavy (non-hydrogen) atoms. The lowest BCUT2D eigenvalue weighted by Gasteiger charge is -2.25. The van der Waals surface area contributed by atoms with Crippen LogP contribution in [0.4, 0.5) is 5.69 Å². The molecule has 1 aromatic heterocycles. The van der Waals surface area contributed by atoms with E-state index in [1.807, 2.05) is 25.1 Å². The van der Waals surface area contributed by atoms with Gasteiger partial charge in [0.1, 0.15) is 16.4 Å². The third kappa shape index (κ3) is 4.09. The van der Waals surface area contributed by atoms with Crippen molar-refractivity contribution < 1.29 is 17.9 Å². The summed E-state index contributed by atoms with van der Waals surface area (Å²) in [6.45, 7) is 2.09. The Morgan fingerprint density at radius 1 is 1.00 bits per heavy atom. The lowest BCUT2D eigenvalue weighted by Crippen LogP contribution is -2.31. The predicted octanol–water partition coefficient (Wildman–Crippen LogP) is 3.80. The smallest absolute Gasteiger partial charge is 0.268 e. The average molecular weight is 398 g/mol. The second kappa shape index (κ2) is 8.31. The van der Waals surface area contributed by atoms with Crippen LogP contribution in [0.1, 0.15) is 11.1 Å². The lowest BCUT2D eigenvalue weighted by molar-refractivity contribution is 0.392. The van der Waals surface area contributed by atoms with E-state index in [4.69, 9.17) is 9.47 Å². The quantitative estimate of drug-likeness (QED) is 0.605. The van der Waals surface area contributed by atoms with Crippen LogP contribution >= 0.6 is 0 Å². The number of pyridine rings is 1. The Labute approximate surface area is 165 Å². The highest BCUT2D eigenvalue weighted by molar-refractivity contribution is 7.93. The fourth-order valence-corrected chi connectivity index (χ4v) is 4.41. The summed E-state index contributed by atoms with van der Waals surface area (Å²) in [5.74, 6) is 0.689. The van der Waals surface area contributed by atoms with Crippen LogP contribution in [0.2, 0.25) is 0 Å². The van der Waals surface area contributed by atoms with E-state index in [0.717, 1.165) is 11.1 Å². The maximum absolute atomic E-state index is 13.6. The Balaban J connectivity index is 2.14. The number of rotatable bonds is 7. The van der Waals surface area contributed by atoms with E-state index in [-0.39, 0.29) is 17.2 Å². The third-order valence-corrected chi connectivity index (χ3v) is 6.10. The van der Waals surface area contributed by atoms with E-state index < -0.39 is 10.0 Å². The number of nitrogens with zero attached hydrogens (tertiary/aromatic N) is 2. The molecule has 2 aromatic carbocycles. The van der Waals surface area contributed by atoms with Crippen LogP contribution in [0.5, 0.6) is 11.5 Å². The first-order valence-electron chi connectivity index (χ1n) is 8.66. The van der Waals surface area contributed by atoms with Crippen molar-refractivity contribution in [2.75, 3.05) is 18.5 Å². The number of sulfonamides is 1. The molecule has 0 atom stereocenters. The summed E-state index contributed by atoms with van der Waals surface area (Å²) in [6.07, 6.45) is 3.30. The molecular weight excluding hydrogens is 376 g/mol. The number of hydrogen-bond donors (Lipinski definition) is 0. The molecule has 1 heterocycles. The second-order valence-corrected chi connectivity index (χ2v) is 8.06. The van der Waals surface area contributed by atoms with Crippen LogP contribution in [-0.4, -0.2) is 27.6 Å². The zero-order valence-corrected chi connectivity index (χ0v) is 16.8. The minimum absolute atomic E-state index is 0.0406. The van der Waals surface area contributed by atoms with Gasteiger partial charge >= 0.3 is 0 Å². The molecule has 0 radical (unpaired) electrons. The summed E-state index contributed by atoms with van der Waals surface area (Å²) >= 11 is 0. The van der Waals surface area contributed by atoms with Gasteiger partial charge in [-0.25, -0.2) is 8.42 Å². The van der Waals surface area contributed by atoms with Crippen LogP contribution in [-0.2, 0) is 16.6 Å². The second-order valence-electron chi connectivity index (χ2n) is 6.23. The van der Waals surface area contributed by atoms with Crippen molar-refractivity contribution in [3.05, 3.63) is 78.1 Å². The first-order valence-corrected chi connectivity index (χ1v) is 10.1. The lowest BCUT2D eigenvalue weighted by atomic mass is 10.2. The molecule has 3 aromatic rings. The fraction of sp³-hybridized carbons (Fsp3) is 0.190. The minimum Gasteiger partial charge on any atom is -0.497 e. The molecule has 0 N–H and O–H groups in total. The monoisotopic (exact) mass is 398 g/mol. The molecular formula is C21H22N2O4S. The van der Waals surface area contributed by atoms with Crippen LogP contribution < -0.4 is 13.8 Å². The van der Waals surface area contributed by atoms with E-state index in [1.165, 1.54) is 24.6 Å². The van der Waals surface area contributed by atoms with Crippen molar-refractivity contribution in [2.24, 2.45) is 0 Å². The summed E-state index contributed by atoms with van der Waals surface area (Å²) in [5.41, 5.74) is 2.37. The molecule has 3 rings (SSSR count). The molecule has 0 aliphatic carbocycles. The summed E-state index contributed by atoms with van der Waals surface area (Å²) in [4.78, 5) is 4.14. The molecule has 6 nitrogen and oxygen atoms in total. The third-order valence-electron chi connectivity index (χ3n) is 4.31. The predicted molar refractivity (Wildman–Crippen MR) is 108 cm³/mol. The maximum atomic E-state index is 13.6. The number of hydrogen-bond acceptors (Lipinski definition) is 5. The van der Waals surface area contributed by atoms with E-state index in [1.54, 1.807) is 42.7 Å². The van der Waals surface area contributed by atoms with Crippen LogP contribution in [0.15, 0.2) is 71.9 Å². The normalized spacial score (nSPS) is 11.1. The van der Waals surface area contributed by atoms with Crippen LogP contribution in [0.3, 0.4) is 0 Å². The Morgan fingerprint density at radius 2 is 1.75 bits per heavy atom. The van der Waals surface area contributed by atoms with Crippen molar-refractivity contribution in [1.29, 1.82) is 0 Å². The molecule has 0 aliphatic heterocycles. The van der Waals surface area contributed by atoms with Crippen molar-refractivity contribution in [3.8, 4) is 11.5 Å². The minimum atomic E-state index is -3.94. The summed E-state index contributed by atoms with van der Waals surface area (Å²) in [7, 11) is -1.01. The van der Waals surface area contributed by atoms with E-state index in [0.29, 0.717) is 11.4 Å². The van der Waals surface area contributed by atoms with E-state index in [9.17, 15) is 8.42 Å². The highest BCUT2D eigenvalue weighted by atomic mass is 32.2. The molecule has 0 saturated heterocycles. The van der Waals surface area contributed by atoms with Crippen LogP contribution in [0.25, 0.3) is 0 Å². The summed E-state index contributed by atoms with van der Waals surface area (Å²) in [5, 5.41) is 0. The van der Waals surface area contributed by atoms with Gasteiger partial charge in [-0.15, -0.1) is 0 Å². The van der Waals surface area contributed by atoms with Gasteiger partial charge in [0.15, 0.2) is 0 Å². The van der Waals surface area contributed by atoms with Gasteiger partial charge in [-0.05, 0) is 42.8 Å². The molecule has 0 aliphatic rings. The molecule has 7 heteroatoms. The molecule has 0 amide bonds. The van der Waals surface area contributed by atoms with Gasteiger partial charge in [-0.1, -0.05) is 23.8 Å². The van der Waals surface area contributed by atoms with E-state index in [2.05, 4.69) is 4.98 Å². The highest BCUT2D eigenvalue weighted by Crippen LogP contribution is 2.33. The Kier molecular flexibility index (Phi) is 5.84. The molecule has 0 spiro atoms. The number of aromatic nitrogens is 1. The average Bonchev–Trinajstić information content (AvgIpc) is 2.73. The van der Waals surface area contributed by atoms with Crippen molar-refractivity contribution in [2.45, 2.75) is 18.4 Å². The van der Waals surface area contributed by atoms with Crippen LogP contribution in [0, 0.1) is 6.92 Å². The van der Waals surface area contributed by atoms with Gasteiger partial charge in [0.05, 0.1) is 26.5 Å². The van der Waals surface area contributed by atoms with Gasteiger partial charge in [0.2, 0.25) is 0 Å². The summed E-state index contributed by atoms with van der Waals surface area (Å²) in [6, 6.07) is 15.7. The largest absolute Gasteiger partial charge is 0.497 e. The van der Waals surface area contributed by atoms with Gasteiger partial charge in [-0.2, -0.15) is 0 Å². The standard InChI is InChI=1S/C21H22N2O4S/c1-16-6-8-18(9-7-16)23(15-17-5-4-12-22-14-17)28(24,25)21-13-19(26-2)10-11-20(21)27-3/h4-14H,15H2,1-3H3. The number of aryl methyl sites for hydroxylation is 1. The van der Waals surface area contributed by atoms with Crippen molar-refractivity contribution in [1.82, 2.24) is 4.98 Å². The first-order chi connectivity index (χ1) is 13.5. The van der Waals surface area contributed by atoms with Gasteiger partial charge < -0.3 is 9.47 Å². The number of ether oxygens (including phenoxy) is 2. The highest BCUT2D eigenvalue weighted by Gasteiger charge is 2.29. The van der Waals surface area contributed by atoms with Crippen molar-refractivity contribution >= 4 is 15.7 Å². The topological polar surface area (TPSA) is 68.7 Å². The zero-order chi connectivity index (χ0) is 20.1. The van der Waals surface area contributed by atoms with E-state index >= 15 is 0 Å². The number of benzene rings is 2. The zero-order valence-electron chi connectivity index (χ0n) is 16.0. The van der Waals surface area contributed by atoms with Gasteiger partial charge in [-0.3, -0.25) is 9.29 Å². The van der Waals surface area contributed by atoms with Gasteiger partial charge in [0, 0.05) is 18.5 Å². The molecule has 146 valence electrons. The molecule has 0 fully saturated rings.